The van der Waals surface area contributed by atoms with Crippen LogP contribution < -0.4 is 20.1 Å². The van der Waals surface area contributed by atoms with E-state index in [1.165, 1.54) is 0 Å². The van der Waals surface area contributed by atoms with Crippen molar-refractivity contribution in [2.75, 3.05) is 31.6 Å². The summed E-state index contributed by atoms with van der Waals surface area (Å²) in [5.41, 5.74) is 4.56. The number of anilines is 1. The Kier molecular flexibility index (Phi) is 8.63. The first kappa shape index (κ1) is 26.4. The zero-order chi connectivity index (χ0) is 24.9. The van der Waals surface area contributed by atoms with Crippen LogP contribution in [0.4, 0.5) is 5.69 Å². The lowest BCUT2D eigenvalue weighted by molar-refractivity contribution is 0.102. The SMILES string of the molecule is CCOc1ccc(NC(=O)c2cn3nc(-c4ccc(OCC)cc4)cc3nc2C2CCNCC2)cc1.Cl. The van der Waals surface area contributed by atoms with Gasteiger partial charge in [-0.25, -0.2) is 9.50 Å². The highest BCUT2D eigenvalue weighted by atomic mass is 35.5. The Balaban J connectivity index is 0.00000320. The Morgan fingerprint density at radius 2 is 1.62 bits per heavy atom. The van der Waals surface area contributed by atoms with Gasteiger partial charge < -0.3 is 20.1 Å². The molecule has 1 aliphatic heterocycles. The molecule has 3 heterocycles. The average molecular weight is 522 g/mol. The maximum atomic E-state index is 13.5. The van der Waals surface area contributed by atoms with Crippen LogP contribution in [-0.4, -0.2) is 46.8 Å². The van der Waals surface area contributed by atoms with Crippen molar-refractivity contribution in [3.63, 3.8) is 0 Å². The molecule has 4 aromatic rings. The third kappa shape index (κ3) is 6.03. The van der Waals surface area contributed by atoms with Crippen LogP contribution in [0.1, 0.15) is 48.7 Å². The summed E-state index contributed by atoms with van der Waals surface area (Å²) < 4.78 is 12.8. The van der Waals surface area contributed by atoms with Crippen LogP contribution in [-0.2, 0) is 0 Å². The molecule has 1 amide bonds. The van der Waals surface area contributed by atoms with E-state index >= 15 is 0 Å². The summed E-state index contributed by atoms with van der Waals surface area (Å²) in [6.07, 6.45) is 3.68. The molecule has 2 aromatic carbocycles. The second-order valence-corrected chi connectivity index (χ2v) is 8.77. The van der Waals surface area contributed by atoms with E-state index < -0.39 is 0 Å². The second-order valence-electron chi connectivity index (χ2n) is 8.77. The number of fused-ring (bicyclic) bond motifs is 1. The number of halogens is 1. The lowest BCUT2D eigenvalue weighted by Gasteiger charge is -2.24. The molecular formula is C28H32ClN5O3. The van der Waals surface area contributed by atoms with Crippen molar-refractivity contribution in [3.05, 3.63) is 72.1 Å². The van der Waals surface area contributed by atoms with Crippen molar-refractivity contribution in [1.29, 1.82) is 0 Å². The van der Waals surface area contributed by atoms with Gasteiger partial charge >= 0.3 is 0 Å². The van der Waals surface area contributed by atoms with Gasteiger partial charge in [0.15, 0.2) is 5.65 Å². The molecule has 9 heteroatoms. The Hall–Kier alpha value is -3.62. The molecule has 0 unspecified atom stereocenters. The van der Waals surface area contributed by atoms with E-state index in [4.69, 9.17) is 19.6 Å². The van der Waals surface area contributed by atoms with Crippen LogP contribution in [0.3, 0.4) is 0 Å². The molecule has 0 saturated carbocycles. The minimum atomic E-state index is -0.194. The minimum absolute atomic E-state index is 0. The Bertz CT molecular complexity index is 1330. The third-order valence-electron chi connectivity index (χ3n) is 6.33. The number of hydrogen-bond acceptors (Lipinski definition) is 6. The molecule has 0 atom stereocenters. The van der Waals surface area contributed by atoms with Gasteiger partial charge in [-0.05, 0) is 88.3 Å². The Morgan fingerprint density at radius 3 is 2.24 bits per heavy atom. The number of ether oxygens (including phenoxy) is 2. The average Bonchev–Trinajstić information content (AvgIpc) is 3.33. The Labute approximate surface area is 222 Å². The molecule has 2 aromatic heterocycles. The predicted octanol–water partition coefficient (Wildman–Crippen LogP) is 5.33. The van der Waals surface area contributed by atoms with Crippen molar-refractivity contribution in [1.82, 2.24) is 19.9 Å². The van der Waals surface area contributed by atoms with Gasteiger partial charge in [0.25, 0.3) is 5.91 Å². The van der Waals surface area contributed by atoms with E-state index in [-0.39, 0.29) is 24.2 Å². The van der Waals surface area contributed by atoms with Gasteiger partial charge in [-0.1, -0.05) is 0 Å². The molecule has 1 aliphatic rings. The molecule has 0 radical (unpaired) electrons. The van der Waals surface area contributed by atoms with E-state index in [0.29, 0.717) is 24.5 Å². The van der Waals surface area contributed by atoms with Crippen molar-refractivity contribution >= 4 is 29.6 Å². The van der Waals surface area contributed by atoms with Crippen LogP contribution in [0, 0.1) is 0 Å². The number of carbonyl (C=O) groups excluding carboxylic acids is 1. The summed E-state index contributed by atoms with van der Waals surface area (Å²) >= 11 is 0. The van der Waals surface area contributed by atoms with Crippen molar-refractivity contribution < 1.29 is 14.3 Å². The summed E-state index contributed by atoms with van der Waals surface area (Å²) in [6, 6.07) is 17.2. The molecular weight excluding hydrogens is 490 g/mol. The summed E-state index contributed by atoms with van der Waals surface area (Å²) in [5.74, 6) is 1.61. The van der Waals surface area contributed by atoms with Crippen molar-refractivity contribution in [3.8, 4) is 22.8 Å². The fourth-order valence-corrected chi connectivity index (χ4v) is 4.55. The number of rotatable bonds is 8. The van der Waals surface area contributed by atoms with Gasteiger partial charge in [0.2, 0.25) is 0 Å². The van der Waals surface area contributed by atoms with Crippen molar-refractivity contribution in [2.24, 2.45) is 0 Å². The molecule has 37 heavy (non-hydrogen) atoms. The molecule has 0 spiro atoms. The highest BCUT2D eigenvalue weighted by Gasteiger charge is 2.25. The van der Waals surface area contributed by atoms with Gasteiger partial charge in [-0.2, -0.15) is 5.10 Å². The highest BCUT2D eigenvalue weighted by Crippen LogP contribution is 2.29. The summed E-state index contributed by atoms with van der Waals surface area (Å²) in [7, 11) is 0. The van der Waals surface area contributed by atoms with Gasteiger partial charge in [-0.3, -0.25) is 4.79 Å². The van der Waals surface area contributed by atoms with E-state index in [9.17, 15) is 4.79 Å². The molecule has 8 nitrogen and oxygen atoms in total. The normalized spacial score (nSPS) is 13.7. The third-order valence-corrected chi connectivity index (χ3v) is 6.33. The first-order valence-corrected chi connectivity index (χ1v) is 12.5. The number of aromatic nitrogens is 3. The number of piperidine rings is 1. The summed E-state index contributed by atoms with van der Waals surface area (Å²) in [5, 5.41) is 11.2. The standard InChI is InChI=1S/C28H31N5O3.ClH/c1-3-35-22-9-5-19(6-10-22)25-17-26-31-27(20-13-15-29-16-14-20)24(18-33(26)32-25)28(34)30-21-7-11-23(12-8-21)36-4-2;/h5-12,17-18,20,29H,3-4,13-16H2,1-2H3,(H,30,34);1H. The molecule has 1 saturated heterocycles. The number of amides is 1. The first-order chi connectivity index (χ1) is 17.6. The Morgan fingerprint density at radius 1 is 1.00 bits per heavy atom. The zero-order valence-corrected chi connectivity index (χ0v) is 21.9. The molecule has 0 bridgehead atoms. The van der Waals surface area contributed by atoms with Crippen LogP contribution in [0.2, 0.25) is 0 Å². The van der Waals surface area contributed by atoms with E-state index in [2.05, 4.69) is 10.6 Å². The van der Waals surface area contributed by atoms with E-state index in [0.717, 1.165) is 60.0 Å². The number of benzene rings is 2. The van der Waals surface area contributed by atoms with Gasteiger partial charge in [0.05, 0.1) is 30.2 Å². The van der Waals surface area contributed by atoms with E-state index in [1.54, 1.807) is 4.52 Å². The number of hydrogen-bond donors (Lipinski definition) is 2. The maximum absolute atomic E-state index is 13.5. The monoisotopic (exact) mass is 521 g/mol. The fourth-order valence-electron chi connectivity index (χ4n) is 4.55. The minimum Gasteiger partial charge on any atom is -0.494 e. The summed E-state index contributed by atoms with van der Waals surface area (Å²) in [6.45, 7) is 6.95. The van der Waals surface area contributed by atoms with Crippen LogP contribution in [0.15, 0.2) is 60.8 Å². The van der Waals surface area contributed by atoms with Gasteiger partial charge in [0.1, 0.15) is 11.5 Å². The largest absolute Gasteiger partial charge is 0.494 e. The lowest BCUT2D eigenvalue weighted by Crippen LogP contribution is -2.29. The quantitative estimate of drug-likeness (QED) is 0.325. The van der Waals surface area contributed by atoms with Crippen molar-refractivity contribution in [2.45, 2.75) is 32.6 Å². The van der Waals surface area contributed by atoms with Crippen LogP contribution in [0.25, 0.3) is 16.9 Å². The highest BCUT2D eigenvalue weighted by molar-refractivity contribution is 6.05. The zero-order valence-electron chi connectivity index (χ0n) is 21.1. The molecule has 1 fully saturated rings. The molecule has 0 aliphatic carbocycles. The lowest BCUT2D eigenvalue weighted by atomic mass is 9.91. The second kappa shape index (κ2) is 12.1. The fraction of sp³-hybridized carbons (Fsp3) is 0.321. The summed E-state index contributed by atoms with van der Waals surface area (Å²) in [4.78, 5) is 18.4. The predicted molar refractivity (Wildman–Crippen MR) is 147 cm³/mol. The molecule has 5 rings (SSSR count). The van der Waals surface area contributed by atoms with Crippen LogP contribution in [0.5, 0.6) is 11.5 Å². The smallest absolute Gasteiger partial charge is 0.259 e. The first-order valence-electron chi connectivity index (χ1n) is 12.5. The number of nitrogens with one attached hydrogen (secondary N) is 2. The molecule has 2 N–H and O–H groups in total. The number of carbonyl (C=O) groups is 1. The van der Waals surface area contributed by atoms with Crippen LogP contribution >= 0.6 is 12.4 Å². The molecule has 194 valence electrons. The van der Waals surface area contributed by atoms with Gasteiger partial charge in [0, 0.05) is 29.4 Å². The topological polar surface area (TPSA) is 89.8 Å². The van der Waals surface area contributed by atoms with Gasteiger partial charge in [-0.15, -0.1) is 12.4 Å². The van der Waals surface area contributed by atoms with E-state index in [1.807, 2.05) is 74.6 Å². The maximum Gasteiger partial charge on any atom is 0.259 e. The number of nitrogens with zero attached hydrogens (tertiary/aromatic N) is 3.